The number of carbonyl (C=O) groups is 1. The van der Waals surface area contributed by atoms with E-state index in [2.05, 4.69) is 26.0 Å². The van der Waals surface area contributed by atoms with Crippen molar-refractivity contribution >= 4 is 6.29 Å². The first-order chi connectivity index (χ1) is 6.77. The molecule has 0 saturated carbocycles. The van der Waals surface area contributed by atoms with E-state index in [0.717, 1.165) is 19.1 Å². The Balaban J connectivity index is 2.61. The van der Waals surface area contributed by atoms with Crippen LogP contribution in [0.3, 0.4) is 0 Å². The summed E-state index contributed by atoms with van der Waals surface area (Å²) < 4.78 is 0. The quantitative estimate of drug-likeness (QED) is 0.652. The fraction of sp³-hybridized carbons (Fsp3) is 0.462. The predicted molar refractivity (Wildman–Crippen MR) is 59.2 cm³/mol. The summed E-state index contributed by atoms with van der Waals surface area (Å²) in [5.74, 6) is 0.648. The molecule has 0 radical (unpaired) electrons. The Morgan fingerprint density at radius 1 is 1.29 bits per heavy atom. The van der Waals surface area contributed by atoms with Gasteiger partial charge in [-0.25, -0.2) is 0 Å². The molecule has 0 heterocycles. The van der Waals surface area contributed by atoms with Crippen LogP contribution in [0.4, 0.5) is 0 Å². The van der Waals surface area contributed by atoms with E-state index in [1.54, 1.807) is 0 Å². The molecule has 2 atom stereocenters. The van der Waals surface area contributed by atoms with Crippen molar-refractivity contribution in [1.82, 2.24) is 0 Å². The van der Waals surface area contributed by atoms with Crippen LogP contribution in [0.2, 0.25) is 0 Å². The minimum Gasteiger partial charge on any atom is -0.303 e. The lowest BCUT2D eigenvalue weighted by molar-refractivity contribution is -0.112. The maximum Gasteiger partial charge on any atom is 0.123 e. The van der Waals surface area contributed by atoms with Gasteiger partial charge in [0.05, 0.1) is 0 Å². The van der Waals surface area contributed by atoms with E-state index >= 15 is 0 Å². The summed E-state index contributed by atoms with van der Waals surface area (Å²) in [6, 6.07) is 10.2. The number of hydrogen-bond donors (Lipinski definition) is 0. The molecular weight excluding hydrogens is 172 g/mol. The molecule has 1 aromatic rings. The molecule has 0 saturated heterocycles. The first-order valence-electron chi connectivity index (χ1n) is 5.27. The van der Waals surface area contributed by atoms with Gasteiger partial charge >= 0.3 is 0 Å². The third-order valence-corrected chi connectivity index (χ3v) is 2.86. The molecule has 0 aliphatic rings. The van der Waals surface area contributed by atoms with Crippen molar-refractivity contribution in [2.24, 2.45) is 11.8 Å². The van der Waals surface area contributed by atoms with Gasteiger partial charge in [-0.05, 0) is 17.9 Å². The molecule has 1 aromatic carbocycles. The van der Waals surface area contributed by atoms with E-state index in [1.165, 1.54) is 5.56 Å². The highest BCUT2D eigenvalue weighted by Crippen LogP contribution is 2.18. The van der Waals surface area contributed by atoms with Crippen molar-refractivity contribution in [3.05, 3.63) is 35.9 Å². The van der Waals surface area contributed by atoms with Crippen LogP contribution in [-0.4, -0.2) is 6.29 Å². The molecule has 1 unspecified atom stereocenters. The zero-order valence-corrected chi connectivity index (χ0v) is 8.94. The maximum atomic E-state index is 10.9. The van der Waals surface area contributed by atoms with Crippen LogP contribution in [0.15, 0.2) is 30.3 Å². The smallest absolute Gasteiger partial charge is 0.123 e. The van der Waals surface area contributed by atoms with E-state index in [0.29, 0.717) is 5.92 Å². The summed E-state index contributed by atoms with van der Waals surface area (Å²) >= 11 is 0. The van der Waals surface area contributed by atoms with Crippen LogP contribution in [0.1, 0.15) is 25.8 Å². The van der Waals surface area contributed by atoms with Crippen LogP contribution < -0.4 is 0 Å². The number of carbonyl (C=O) groups excluding carboxylic acids is 1. The molecule has 1 heteroatoms. The standard InChI is InChI=1S/C13H18O/c1-3-11(2)13(10-14)9-12-7-5-4-6-8-12/h4-8,10-11,13H,3,9H2,1-2H3/t11?,13-/m0/s1. The summed E-state index contributed by atoms with van der Waals surface area (Å²) in [4.78, 5) is 10.9. The van der Waals surface area contributed by atoms with E-state index in [9.17, 15) is 4.79 Å². The lowest BCUT2D eigenvalue weighted by Crippen LogP contribution is -2.15. The van der Waals surface area contributed by atoms with Crippen molar-refractivity contribution in [1.29, 1.82) is 0 Å². The monoisotopic (exact) mass is 190 g/mol. The van der Waals surface area contributed by atoms with Crippen LogP contribution in [-0.2, 0) is 11.2 Å². The molecule has 0 aliphatic carbocycles. The third kappa shape index (κ3) is 2.99. The minimum atomic E-state index is 0.169. The second-order valence-electron chi connectivity index (χ2n) is 3.88. The normalized spacial score (nSPS) is 14.7. The zero-order valence-electron chi connectivity index (χ0n) is 8.94. The first kappa shape index (κ1) is 11.0. The van der Waals surface area contributed by atoms with Crippen molar-refractivity contribution in [2.45, 2.75) is 26.7 Å². The maximum absolute atomic E-state index is 10.9. The lowest BCUT2D eigenvalue weighted by atomic mass is 9.88. The highest BCUT2D eigenvalue weighted by Gasteiger charge is 2.14. The molecule has 0 N–H and O–H groups in total. The number of benzene rings is 1. The Kier molecular flexibility index (Phi) is 4.37. The fourth-order valence-corrected chi connectivity index (χ4v) is 1.57. The van der Waals surface area contributed by atoms with Gasteiger partial charge in [0.25, 0.3) is 0 Å². The van der Waals surface area contributed by atoms with Gasteiger partial charge in [0.2, 0.25) is 0 Å². The highest BCUT2D eigenvalue weighted by atomic mass is 16.1. The molecule has 0 bridgehead atoms. The predicted octanol–water partition coefficient (Wildman–Crippen LogP) is 3.09. The summed E-state index contributed by atoms with van der Waals surface area (Å²) in [6.45, 7) is 4.27. The van der Waals surface area contributed by atoms with Gasteiger partial charge in [0.15, 0.2) is 0 Å². The van der Waals surface area contributed by atoms with Gasteiger partial charge < -0.3 is 4.79 Å². The van der Waals surface area contributed by atoms with E-state index in [-0.39, 0.29) is 5.92 Å². The second-order valence-corrected chi connectivity index (χ2v) is 3.88. The molecule has 0 fully saturated rings. The number of rotatable bonds is 5. The molecule has 0 spiro atoms. The lowest BCUT2D eigenvalue weighted by Gasteiger charge is -2.16. The second kappa shape index (κ2) is 5.58. The van der Waals surface area contributed by atoms with Crippen LogP contribution in [0, 0.1) is 11.8 Å². The van der Waals surface area contributed by atoms with Crippen molar-refractivity contribution in [3.63, 3.8) is 0 Å². The molecule has 1 rings (SSSR count). The molecule has 0 amide bonds. The largest absolute Gasteiger partial charge is 0.303 e. The Morgan fingerprint density at radius 2 is 1.93 bits per heavy atom. The topological polar surface area (TPSA) is 17.1 Å². The Hall–Kier alpha value is -1.11. The summed E-state index contributed by atoms with van der Waals surface area (Å²) in [5, 5.41) is 0. The SMILES string of the molecule is CCC(C)[C@H](C=O)Cc1ccccc1. The molecule has 0 aromatic heterocycles. The summed E-state index contributed by atoms with van der Waals surface area (Å²) in [7, 11) is 0. The van der Waals surface area contributed by atoms with E-state index < -0.39 is 0 Å². The molecule has 1 nitrogen and oxygen atoms in total. The Labute approximate surface area is 86.1 Å². The highest BCUT2D eigenvalue weighted by molar-refractivity contribution is 5.54. The van der Waals surface area contributed by atoms with Gasteiger partial charge in [0.1, 0.15) is 6.29 Å². The van der Waals surface area contributed by atoms with E-state index in [4.69, 9.17) is 0 Å². The van der Waals surface area contributed by atoms with Crippen molar-refractivity contribution in [3.8, 4) is 0 Å². The number of hydrogen-bond acceptors (Lipinski definition) is 1. The summed E-state index contributed by atoms with van der Waals surface area (Å²) in [6.07, 6.45) is 3.04. The van der Waals surface area contributed by atoms with Crippen molar-refractivity contribution in [2.75, 3.05) is 0 Å². The van der Waals surface area contributed by atoms with Gasteiger partial charge in [-0.2, -0.15) is 0 Å². The average molecular weight is 190 g/mol. The fourth-order valence-electron chi connectivity index (χ4n) is 1.57. The molecule has 14 heavy (non-hydrogen) atoms. The van der Waals surface area contributed by atoms with Gasteiger partial charge in [-0.15, -0.1) is 0 Å². The third-order valence-electron chi connectivity index (χ3n) is 2.86. The Bertz CT molecular complexity index is 266. The average Bonchev–Trinajstić information content (AvgIpc) is 2.26. The molecule has 0 aliphatic heterocycles. The minimum absolute atomic E-state index is 0.169. The Morgan fingerprint density at radius 3 is 2.43 bits per heavy atom. The summed E-state index contributed by atoms with van der Waals surface area (Å²) in [5.41, 5.74) is 1.25. The van der Waals surface area contributed by atoms with E-state index in [1.807, 2.05) is 18.2 Å². The van der Waals surface area contributed by atoms with Crippen molar-refractivity contribution < 1.29 is 4.79 Å². The van der Waals surface area contributed by atoms with Gasteiger partial charge in [-0.3, -0.25) is 0 Å². The molecular formula is C13H18O. The zero-order chi connectivity index (χ0) is 10.4. The van der Waals surface area contributed by atoms with Gasteiger partial charge in [-0.1, -0.05) is 50.6 Å². The van der Waals surface area contributed by atoms with Crippen LogP contribution >= 0.6 is 0 Å². The molecule has 76 valence electrons. The van der Waals surface area contributed by atoms with Crippen LogP contribution in [0.5, 0.6) is 0 Å². The van der Waals surface area contributed by atoms with Crippen LogP contribution in [0.25, 0.3) is 0 Å². The first-order valence-corrected chi connectivity index (χ1v) is 5.27. The number of aldehydes is 1. The van der Waals surface area contributed by atoms with Gasteiger partial charge in [0, 0.05) is 5.92 Å².